The summed E-state index contributed by atoms with van der Waals surface area (Å²) in [6, 6.07) is 23.4. The normalized spacial score (nSPS) is 19.6. The highest BCUT2D eigenvalue weighted by Gasteiger charge is 2.29. The molecule has 3 aromatic carbocycles. The highest BCUT2D eigenvalue weighted by molar-refractivity contribution is 6.42. The lowest BCUT2D eigenvalue weighted by molar-refractivity contribution is 0.282. The summed E-state index contributed by atoms with van der Waals surface area (Å²) in [5.74, 6) is 0.332. The summed E-state index contributed by atoms with van der Waals surface area (Å²) in [5.41, 5.74) is 6.10. The van der Waals surface area contributed by atoms with Crippen LogP contribution < -0.4 is 5.32 Å². The van der Waals surface area contributed by atoms with Gasteiger partial charge in [0.25, 0.3) is 0 Å². The minimum Gasteiger partial charge on any atom is -0.392 e. The fourth-order valence-electron chi connectivity index (χ4n) is 4.35. The van der Waals surface area contributed by atoms with Gasteiger partial charge in [-0.3, -0.25) is 0 Å². The molecule has 29 heavy (non-hydrogen) atoms. The Labute approximate surface area is 182 Å². The Balaban J connectivity index is 1.58. The number of hydrogen-bond acceptors (Lipinski definition) is 2. The molecule has 0 unspecified atom stereocenters. The van der Waals surface area contributed by atoms with Gasteiger partial charge in [0.2, 0.25) is 0 Å². The van der Waals surface area contributed by atoms with E-state index < -0.39 is 0 Å². The number of nitrogens with one attached hydrogen (secondary N) is 1. The zero-order chi connectivity index (χ0) is 20.4. The van der Waals surface area contributed by atoms with E-state index in [4.69, 9.17) is 23.2 Å². The van der Waals surface area contributed by atoms with Crippen molar-refractivity contribution in [2.24, 2.45) is 0 Å². The maximum atomic E-state index is 9.26. The van der Waals surface area contributed by atoms with Gasteiger partial charge in [0, 0.05) is 18.0 Å². The van der Waals surface area contributed by atoms with Crippen LogP contribution in [0.2, 0.25) is 10.0 Å². The molecule has 0 saturated carbocycles. The molecule has 0 amide bonds. The lowest BCUT2D eigenvalue weighted by atomic mass is 9.76. The van der Waals surface area contributed by atoms with E-state index in [0.717, 1.165) is 18.4 Å². The third kappa shape index (κ3) is 4.36. The maximum absolute atomic E-state index is 9.26. The van der Waals surface area contributed by atoms with Crippen LogP contribution in [0.15, 0.2) is 66.7 Å². The van der Waals surface area contributed by atoms with Crippen LogP contribution in [-0.2, 0) is 6.61 Å². The van der Waals surface area contributed by atoms with Crippen LogP contribution in [0.1, 0.15) is 65.6 Å². The smallest absolute Gasteiger partial charge is 0.0681 e. The first-order valence-electron chi connectivity index (χ1n) is 10.1. The molecule has 0 bridgehead atoms. The van der Waals surface area contributed by atoms with E-state index in [9.17, 15) is 5.11 Å². The average Bonchev–Trinajstić information content (AvgIpc) is 2.76. The number of aliphatic hydroxyl groups is 1. The molecule has 2 N–H and O–H groups in total. The Morgan fingerprint density at radius 3 is 2.34 bits per heavy atom. The Morgan fingerprint density at radius 2 is 1.66 bits per heavy atom. The molecule has 1 aliphatic rings. The van der Waals surface area contributed by atoms with Crippen LogP contribution in [-0.4, -0.2) is 5.11 Å². The van der Waals surface area contributed by atoms with Crippen LogP contribution in [0, 0.1) is 0 Å². The largest absolute Gasteiger partial charge is 0.392 e. The Hall–Kier alpha value is -1.84. The van der Waals surface area contributed by atoms with Gasteiger partial charge in [0.15, 0.2) is 0 Å². The SMILES string of the molecule is C[C@@H](N[C@@H]1CC[C@@H](c2ccc(Cl)c(Cl)c2)c2ccccc21)c1ccc(CO)cc1. The molecule has 0 aromatic heterocycles. The molecule has 4 rings (SSSR count). The van der Waals surface area contributed by atoms with E-state index in [1.807, 2.05) is 24.3 Å². The molecule has 0 aliphatic heterocycles. The van der Waals surface area contributed by atoms with Gasteiger partial charge in [0.1, 0.15) is 0 Å². The van der Waals surface area contributed by atoms with E-state index in [1.54, 1.807) is 0 Å². The third-order valence-electron chi connectivity index (χ3n) is 5.95. The second-order valence-corrected chi connectivity index (χ2v) is 8.59. The predicted octanol–water partition coefficient (Wildman–Crippen LogP) is 6.80. The van der Waals surface area contributed by atoms with E-state index in [2.05, 4.69) is 54.7 Å². The Kier molecular flexibility index (Phi) is 6.26. The van der Waals surface area contributed by atoms with Gasteiger partial charge in [-0.1, -0.05) is 77.8 Å². The fourth-order valence-corrected chi connectivity index (χ4v) is 4.65. The first-order chi connectivity index (χ1) is 14.1. The molecular weight excluding hydrogens is 401 g/mol. The van der Waals surface area contributed by atoms with Gasteiger partial charge in [0.05, 0.1) is 16.7 Å². The van der Waals surface area contributed by atoms with Crippen LogP contribution in [0.3, 0.4) is 0 Å². The second-order valence-electron chi connectivity index (χ2n) is 7.77. The van der Waals surface area contributed by atoms with Crippen LogP contribution in [0.5, 0.6) is 0 Å². The molecule has 3 atom stereocenters. The zero-order valence-corrected chi connectivity index (χ0v) is 17.9. The number of aliphatic hydroxyl groups excluding tert-OH is 1. The van der Waals surface area contributed by atoms with Crippen molar-refractivity contribution in [2.75, 3.05) is 0 Å². The van der Waals surface area contributed by atoms with Crippen molar-refractivity contribution in [3.8, 4) is 0 Å². The van der Waals surface area contributed by atoms with Gasteiger partial charge in [-0.2, -0.15) is 0 Å². The standard InChI is InChI=1S/C25H25Cl2NO/c1-16(18-8-6-17(15-29)7-9-18)28-25-13-11-20(21-4-2-3-5-22(21)25)19-10-12-23(26)24(27)14-19/h2-10,12,14,16,20,25,28-29H,11,13,15H2,1H3/t16-,20+,25-/m1/s1. The molecule has 0 spiro atoms. The highest BCUT2D eigenvalue weighted by atomic mass is 35.5. The van der Waals surface area contributed by atoms with Crippen molar-refractivity contribution in [3.05, 3.63) is 105 Å². The quantitative estimate of drug-likeness (QED) is 0.470. The number of rotatable bonds is 5. The summed E-state index contributed by atoms with van der Waals surface area (Å²) in [6.45, 7) is 2.27. The summed E-state index contributed by atoms with van der Waals surface area (Å²) >= 11 is 12.4. The topological polar surface area (TPSA) is 32.3 Å². The molecule has 1 aliphatic carbocycles. The Bertz CT molecular complexity index is 986. The van der Waals surface area contributed by atoms with Crippen LogP contribution >= 0.6 is 23.2 Å². The van der Waals surface area contributed by atoms with Crippen molar-refractivity contribution >= 4 is 23.2 Å². The lowest BCUT2D eigenvalue weighted by Crippen LogP contribution is -2.29. The van der Waals surface area contributed by atoms with Crippen molar-refractivity contribution in [2.45, 2.75) is 44.4 Å². The lowest BCUT2D eigenvalue weighted by Gasteiger charge is -2.34. The molecule has 150 valence electrons. The van der Waals surface area contributed by atoms with Crippen LogP contribution in [0.25, 0.3) is 0 Å². The average molecular weight is 426 g/mol. The summed E-state index contributed by atoms with van der Waals surface area (Å²) in [5, 5.41) is 14.3. The van der Waals surface area contributed by atoms with E-state index in [1.165, 1.54) is 22.3 Å². The number of benzene rings is 3. The van der Waals surface area contributed by atoms with E-state index in [-0.39, 0.29) is 12.6 Å². The Morgan fingerprint density at radius 1 is 0.931 bits per heavy atom. The highest BCUT2D eigenvalue weighted by Crippen LogP contribution is 2.43. The summed E-state index contributed by atoms with van der Waals surface area (Å²) < 4.78 is 0. The molecule has 2 nitrogen and oxygen atoms in total. The van der Waals surface area contributed by atoms with Crippen molar-refractivity contribution in [1.29, 1.82) is 0 Å². The van der Waals surface area contributed by atoms with Crippen LogP contribution in [0.4, 0.5) is 0 Å². The predicted molar refractivity (Wildman–Crippen MR) is 121 cm³/mol. The molecule has 0 saturated heterocycles. The second kappa shape index (κ2) is 8.89. The van der Waals surface area contributed by atoms with E-state index >= 15 is 0 Å². The fraction of sp³-hybridized carbons (Fsp3) is 0.280. The van der Waals surface area contributed by atoms with Gasteiger partial charge in [-0.05, 0) is 59.7 Å². The molecule has 3 aromatic rings. The first-order valence-corrected chi connectivity index (χ1v) is 10.8. The molecule has 4 heteroatoms. The third-order valence-corrected chi connectivity index (χ3v) is 6.69. The summed E-state index contributed by atoms with van der Waals surface area (Å²) in [6.07, 6.45) is 2.11. The zero-order valence-electron chi connectivity index (χ0n) is 16.4. The first kappa shape index (κ1) is 20.4. The number of fused-ring (bicyclic) bond motifs is 1. The van der Waals surface area contributed by atoms with Gasteiger partial charge < -0.3 is 10.4 Å². The maximum Gasteiger partial charge on any atom is 0.0681 e. The van der Waals surface area contributed by atoms with Gasteiger partial charge in [-0.25, -0.2) is 0 Å². The van der Waals surface area contributed by atoms with Crippen molar-refractivity contribution in [3.63, 3.8) is 0 Å². The molecule has 0 radical (unpaired) electrons. The minimum atomic E-state index is 0.0776. The number of halogens is 2. The number of hydrogen-bond donors (Lipinski definition) is 2. The van der Waals surface area contributed by atoms with Crippen molar-refractivity contribution < 1.29 is 5.11 Å². The minimum absolute atomic E-state index is 0.0776. The summed E-state index contributed by atoms with van der Waals surface area (Å²) in [4.78, 5) is 0. The monoisotopic (exact) mass is 425 g/mol. The molecule has 0 heterocycles. The molecular formula is C25H25Cl2NO. The van der Waals surface area contributed by atoms with E-state index in [0.29, 0.717) is 22.0 Å². The summed E-state index contributed by atoms with van der Waals surface area (Å²) in [7, 11) is 0. The molecule has 0 fully saturated rings. The van der Waals surface area contributed by atoms with Crippen molar-refractivity contribution in [1.82, 2.24) is 5.32 Å². The van der Waals surface area contributed by atoms with Gasteiger partial charge in [-0.15, -0.1) is 0 Å². The van der Waals surface area contributed by atoms with Gasteiger partial charge >= 0.3 is 0 Å².